The van der Waals surface area contributed by atoms with Gasteiger partial charge in [-0.1, -0.05) is 65.0 Å². The van der Waals surface area contributed by atoms with Crippen molar-refractivity contribution in [1.82, 2.24) is 5.32 Å². The molecule has 1 heterocycles. The summed E-state index contributed by atoms with van der Waals surface area (Å²) in [5.74, 6) is 3.19. The average Bonchev–Trinajstić information content (AvgIpc) is 2.68. The Balaban J connectivity index is 1.62. The van der Waals surface area contributed by atoms with Crippen LogP contribution in [0.15, 0.2) is 11.1 Å². The number of rotatable bonds is 5. The predicted molar refractivity (Wildman–Crippen MR) is 127 cm³/mol. The van der Waals surface area contributed by atoms with Gasteiger partial charge in [-0.05, 0) is 99.3 Å². The molecule has 4 rings (SSSR count). The first-order valence-electron chi connectivity index (χ1n) is 13.3. The summed E-state index contributed by atoms with van der Waals surface area (Å²) in [6.45, 7) is 16.3. The first kappa shape index (κ1) is 22.8. The maximum Gasteiger partial charge on any atom is 0.0543 e. The summed E-state index contributed by atoms with van der Waals surface area (Å²) in [5.41, 5.74) is 4.49. The predicted octanol–water partition coefficient (Wildman–Crippen LogP) is 6.87. The second-order valence-electron chi connectivity index (χ2n) is 12.7. The van der Waals surface area contributed by atoms with Crippen LogP contribution in [0.3, 0.4) is 0 Å². The lowest BCUT2D eigenvalue weighted by Crippen LogP contribution is -2.66. The smallest absolute Gasteiger partial charge is 0.0543 e. The van der Waals surface area contributed by atoms with Gasteiger partial charge in [0.25, 0.3) is 0 Å². The molecule has 2 nitrogen and oxygen atoms in total. The molecular formula is C28H49NO. The molecule has 1 saturated carbocycles. The first-order valence-corrected chi connectivity index (χ1v) is 13.3. The maximum atomic E-state index is 10.3. The molecular weight excluding hydrogens is 366 g/mol. The van der Waals surface area contributed by atoms with Crippen LogP contribution in [0.1, 0.15) is 112 Å². The van der Waals surface area contributed by atoms with Crippen molar-refractivity contribution < 1.29 is 5.11 Å². The summed E-state index contributed by atoms with van der Waals surface area (Å²) in [4.78, 5) is 0. The Labute approximate surface area is 186 Å². The van der Waals surface area contributed by atoms with Gasteiger partial charge in [0, 0.05) is 5.54 Å². The molecule has 0 amide bonds. The monoisotopic (exact) mass is 415 g/mol. The van der Waals surface area contributed by atoms with Gasteiger partial charge in [-0.15, -0.1) is 0 Å². The lowest BCUT2D eigenvalue weighted by Gasteiger charge is -2.64. The van der Waals surface area contributed by atoms with Gasteiger partial charge < -0.3 is 10.4 Å². The standard InChI is InChI=1S/C28H49NO/c1-19(2)8-7-9-20(3)23-14-17-29-28(6)25-11-10-21-18-22(30)12-15-26(21,4)24(25)13-16-27(23,28)5/h19-23,29-30H,7-18H2,1-6H3/t20-,21?,22+,23?,26+,27-,28+/m1/s1. The third-order valence-electron chi connectivity index (χ3n) is 10.8. The lowest BCUT2D eigenvalue weighted by molar-refractivity contribution is -0.0374. The Morgan fingerprint density at radius 2 is 1.73 bits per heavy atom. The zero-order valence-electron chi connectivity index (χ0n) is 20.8. The van der Waals surface area contributed by atoms with Gasteiger partial charge in [-0.3, -0.25) is 0 Å². The fourth-order valence-electron chi connectivity index (χ4n) is 8.62. The molecule has 2 unspecified atom stereocenters. The summed E-state index contributed by atoms with van der Waals surface area (Å²) < 4.78 is 0. The van der Waals surface area contributed by atoms with E-state index >= 15 is 0 Å². The number of hydrogen-bond acceptors (Lipinski definition) is 2. The molecule has 0 spiro atoms. The van der Waals surface area contributed by atoms with Crippen molar-refractivity contribution in [2.45, 2.75) is 124 Å². The highest BCUT2D eigenvalue weighted by Crippen LogP contribution is 2.64. The number of hydrogen-bond donors (Lipinski definition) is 2. The Kier molecular flexibility index (Phi) is 6.26. The number of aliphatic hydroxyl groups is 1. The molecule has 0 bridgehead atoms. The van der Waals surface area contributed by atoms with Crippen LogP contribution >= 0.6 is 0 Å². The molecule has 7 atom stereocenters. The molecule has 4 aliphatic rings. The number of nitrogens with one attached hydrogen (secondary N) is 1. The largest absolute Gasteiger partial charge is 0.393 e. The Morgan fingerprint density at radius 1 is 0.967 bits per heavy atom. The second-order valence-corrected chi connectivity index (χ2v) is 12.7. The van der Waals surface area contributed by atoms with Gasteiger partial charge in [0.1, 0.15) is 0 Å². The van der Waals surface area contributed by atoms with E-state index in [2.05, 4.69) is 46.9 Å². The number of aliphatic hydroxyl groups excluding tert-OH is 1. The van der Waals surface area contributed by atoms with Gasteiger partial charge in [-0.25, -0.2) is 0 Å². The zero-order valence-corrected chi connectivity index (χ0v) is 20.8. The van der Waals surface area contributed by atoms with E-state index in [9.17, 15) is 5.11 Å². The quantitative estimate of drug-likeness (QED) is 0.480. The molecule has 2 heteroatoms. The van der Waals surface area contributed by atoms with Crippen molar-refractivity contribution in [1.29, 1.82) is 0 Å². The summed E-state index contributed by atoms with van der Waals surface area (Å²) in [6, 6.07) is 0. The van der Waals surface area contributed by atoms with Crippen molar-refractivity contribution >= 4 is 0 Å². The highest BCUT2D eigenvalue weighted by Gasteiger charge is 2.59. The van der Waals surface area contributed by atoms with Crippen LogP contribution in [0.2, 0.25) is 0 Å². The fraction of sp³-hybridized carbons (Fsp3) is 0.929. The molecule has 30 heavy (non-hydrogen) atoms. The molecule has 3 aliphatic carbocycles. The van der Waals surface area contributed by atoms with E-state index < -0.39 is 0 Å². The maximum absolute atomic E-state index is 10.3. The molecule has 2 fully saturated rings. The third-order valence-corrected chi connectivity index (χ3v) is 10.8. The van der Waals surface area contributed by atoms with Crippen molar-refractivity contribution in [3.63, 3.8) is 0 Å². The van der Waals surface area contributed by atoms with E-state index in [0.29, 0.717) is 16.7 Å². The Bertz CT molecular complexity index is 668. The molecule has 0 radical (unpaired) electrons. The summed E-state index contributed by atoms with van der Waals surface area (Å²) in [5, 5.41) is 14.4. The van der Waals surface area contributed by atoms with Crippen molar-refractivity contribution in [2.24, 2.45) is 34.5 Å². The molecule has 0 aromatic rings. The summed E-state index contributed by atoms with van der Waals surface area (Å²) >= 11 is 0. The summed E-state index contributed by atoms with van der Waals surface area (Å²) in [6.07, 6.45) is 13.9. The Morgan fingerprint density at radius 3 is 2.47 bits per heavy atom. The van der Waals surface area contributed by atoms with E-state index in [1.807, 2.05) is 5.57 Å². The normalized spacial score (nSPS) is 45.0. The SMILES string of the molecule is CC(C)CCC[C@@H](C)C1CCN[C@@]2(C)C3=C(CC[C@]12C)[C@@]1(C)CC[C@H](O)CC1CC3. The molecule has 2 N–H and O–H groups in total. The molecule has 1 aliphatic heterocycles. The van der Waals surface area contributed by atoms with Crippen LogP contribution in [0.25, 0.3) is 0 Å². The minimum Gasteiger partial charge on any atom is -0.393 e. The van der Waals surface area contributed by atoms with Crippen molar-refractivity contribution in [2.75, 3.05) is 6.54 Å². The van der Waals surface area contributed by atoms with Gasteiger partial charge in [-0.2, -0.15) is 0 Å². The highest BCUT2D eigenvalue weighted by atomic mass is 16.3. The van der Waals surface area contributed by atoms with Crippen LogP contribution in [-0.4, -0.2) is 23.3 Å². The molecule has 172 valence electrons. The van der Waals surface area contributed by atoms with E-state index in [4.69, 9.17) is 0 Å². The highest BCUT2D eigenvalue weighted by molar-refractivity contribution is 5.40. The third kappa shape index (κ3) is 3.53. The minimum absolute atomic E-state index is 0.0569. The van der Waals surface area contributed by atoms with Crippen LogP contribution < -0.4 is 5.32 Å². The topological polar surface area (TPSA) is 32.3 Å². The van der Waals surface area contributed by atoms with Gasteiger partial charge in [0.15, 0.2) is 0 Å². The lowest BCUT2D eigenvalue weighted by atomic mass is 9.45. The van der Waals surface area contributed by atoms with Crippen LogP contribution in [0, 0.1) is 34.5 Å². The molecule has 1 saturated heterocycles. The van der Waals surface area contributed by atoms with Crippen LogP contribution in [-0.2, 0) is 0 Å². The molecule has 0 aromatic carbocycles. The zero-order chi connectivity index (χ0) is 21.7. The Hall–Kier alpha value is -0.340. The summed E-state index contributed by atoms with van der Waals surface area (Å²) in [7, 11) is 0. The first-order chi connectivity index (χ1) is 14.1. The number of allylic oxidation sites excluding steroid dienone is 1. The average molecular weight is 416 g/mol. The van der Waals surface area contributed by atoms with Crippen molar-refractivity contribution in [3.05, 3.63) is 11.1 Å². The van der Waals surface area contributed by atoms with E-state index in [-0.39, 0.29) is 11.6 Å². The fourth-order valence-corrected chi connectivity index (χ4v) is 8.62. The molecule has 0 aromatic heterocycles. The minimum atomic E-state index is -0.0569. The van der Waals surface area contributed by atoms with Crippen LogP contribution in [0.5, 0.6) is 0 Å². The van der Waals surface area contributed by atoms with Gasteiger partial charge in [0.2, 0.25) is 0 Å². The van der Waals surface area contributed by atoms with E-state index in [1.54, 1.807) is 5.57 Å². The van der Waals surface area contributed by atoms with Gasteiger partial charge in [0.05, 0.1) is 6.10 Å². The van der Waals surface area contributed by atoms with Gasteiger partial charge >= 0.3 is 0 Å². The van der Waals surface area contributed by atoms with E-state index in [1.165, 1.54) is 64.3 Å². The second kappa shape index (κ2) is 8.22. The van der Waals surface area contributed by atoms with Crippen molar-refractivity contribution in [3.8, 4) is 0 Å². The number of piperidine rings is 1. The van der Waals surface area contributed by atoms with Crippen LogP contribution in [0.4, 0.5) is 0 Å². The number of fused-ring (bicyclic) bond motifs is 4. The van der Waals surface area contributed by atoms with E-state index in [0.717, 1.165) is 30.6 Å².